The van der Waals surface area contributed by atoms with Gasteiger partial charge in [-0.15, -0.1) is 0 Å². The molecular formula is C21H25N7O2. The van der Waals surface area contributed by atoms with Crippen LogP contribution in [-0.4, -0.2) is 47.7 Å². The smallest absolute Gasteiger partial charge is 0.298 e. The van der Waals surface area contributed by atoms with E-state index in [0.29, 0.717) is 17.9 Å². The topological polar surface area (TPSA) is 135 Å². The van der Waals surface area contributed by atoms with Crippen molar-refractivity contribution in [1.29, 1.82) is 0 Å². The first-order chi connectivity index (χ1) is 14.4. The van der Waals surface area contributed by atoms with E-state index in [1.54, 1.807) is 32.3 Å². The van der Waals surface area contributed by atoms with Crippen LogP contribution in [0, 0.1) is 0 Å². The summed E-state index contributed by atoms with van der Waals surface area (Å²) in [6, 6.07) is 7.32. The lowest BCUT2D eigenvalue weighted by atomic mass is 10.0. The maximum atomic E-state index is 12.1. The summed E-state index contributed by atoms with van der Waals surface area (Å²) in [6.45, 7) is 6.89. The number of nitrogens with one attached hydrogen (secondary N) is 2. The van der Waals surface area contributed by atoms with Crippen LogP contribution < -0.4 is 16.4 Å². The Balaban J connectivity index is 2.38. The fraction of sp³-hybridized carbons (Fsp3) is 0.238. The number of amides is 1. The lowest BCUT2D eigenvalue weighted by Crippen LogP contribution is -2.36. The van der Waals surface area contributed by atoms with Crippen LogP contribution in [0.1, 0.15) is 36.3 Å². The van der Waals surface area contributed by atoms with Gasteiger partial charge in [-0.1, -0.05) is 19.1 Å². The van der Waals surface area contributed by atoms with Gasteiger partial charge in [0.05, 0.1) is 11.7 Å². The van der Waals surface area contributed by atoms with Crippen LogP contribution in [0.5, 0.6) is 0 Å². The van der Waals surface area contributed by atoms with Crippen LogP contribution in [0.2, 0.25) is 0 Å². The zero-order chi connectivity index (χ0) is 22.1. The van der Waals surface area contributed by atoms with Gasteiger partial charge in [-0.3, -0.25) is 9.79 Å². The Morgan fingerprint density at radius 1 is 1.33 bits per heavy atom. The molecule has 0 fully saturated rings. The van der Waals surface area contributed by atoms with Crippen LogP contribution in [0.3, 0.4) is 0 Å². The molecule has 0 aliphatic heterocycles. The quantitative estimate of drug-likeness (QED) is 0.430. The van der Waals surface area contributed by atoms with E-state index in [1.807, 2.05) is 19.1 Å². The first-order valence-electron chi connectivity index (χ1n) is 9.23. The van der Waals surface area contributed by atoms with Crippen molar-refractivity contribution in [2.24, 2.45) is 15.7 Å². The van der Waals surface area contributed by atoms with Gasteiger partial charge in [0.1, 0.15) is 12.1 Å². The lowest BCUT2D eigenvalue weighted by molar-refractivity contribution is -0.111. The molecule has 2 rings (SSSR count). The number of nitrogens with two attached hydrogens (primary N) is 1. The number of rotatable bonds is 9. The molecule has 30 heavy (non-hydrogen) atoms. The Bertz CT molecular complexity index is 983. The van der Waals surface area contributed by atoms with Gasteiger partial charge in [0.15, 0.2) is 11.5 Å². The first kappa shape index (κ1) is 22.4. The minimum atomic E-state index is -0.804. The number of carbonyl (C=O) groups excluding carboxylic acids is 2. The first-order valence-corrected chi connectivity index (χ1v) is 9.23. The minimum absolute atomic E-state index is 0.0181. The van der Waals surface area contributed by atoms with Gasteiger partial charge in [0.25, 0.3) is 5.91 Å². The van der Waals surface area contributed by atoms with Crippen LogP contribution in [-0.2, 0) is 4.79 Å². The van der Waals surface area contributed by atoms with Crippen molar-refractivity contribution in [3.05, 3.63) is 47.9 Å². The second-order valence-corrected chi connectivity index (χ2v) is 6.64. The average Bonchev–Trinajstić information content (AvgIpc) is 2.77. The number of benzene rings is 1. The van der Waals surface area contributed by atoms with E-state index in [9.17, 15) is 9.59 Å². The molecule has 1 amide bonds. The van der Waals surface area contributed by atoms with Gasteiger partial charge < -0.3 is 21.2 Å². The molecule has 0 bridgehead atoms. The number of carbonyl (C=O) groups is 2. The molecule has 0 saturated heterocycles. The van der Waals surface area contributed by atoms with E-state index < -0.39 is 11.4 Å². The Hall–Kier alpha value is -3.88. The summed E-state index contributed by atoms with van der Waals surface area (Å²) in [6.07, 6.45) is 5.88. The molecule has 1 atom stereocenters. The molecule has 0 radical (unpaired) electrons. The van der Waals surface area contributed by atoms with Crippen LogP contribution in [0.25, 0.3) is 5.57 Å². The third-order valence-corrected chi connectivity index (χ3v) is 4.46. The van der Waals surface area contributed by atoms with Crippen LogP contribution >= 0.6 is 0 Å². The molecule has 156 valence electrons. The van der Waals surface area contributed by atoms with Crippen LogP contribution in [0.15, 0.2) is 46.6 Å². The second-order valence-electron chi connectivity index (χ2n) is 6.64. The number of anilines is 3. The van der Waals surface area contributed by atoms with E-state index in [4.69, 9.17) is 5.73 Å². The second kappa shape index (κ2) is 10.1. The number of aldehydes is 1. The normalized spacial score (nSPS) is 13.5. The summed E-state index contributed by atoms with van der Waals surface area (Å²) in [5.74, 6) is -0.0766. The van der Waals surface area contributed by atoms with Crippen LogP contribution in [0.4, 0.5) is 17.3 Å². The van der Waals surface area contributed by atoms with Gasteiger partial charge >= 0.3 is 0 Å². The molecule has 1 aromatic carbocycles. The summed E-state index contributed by atoms with van der Waals surface area (Å²) in [5, 5.41) is 6.11. The number of hydrogen-bond acceptors (Lipinski definition) is 8. The fourth-order valence-electron chi connectivity index (χ4n) is 2.50. The molecule has 0 aliphatic carbocycles. The minimum Gasteiger partial charge on any atom is -0.404 e. The highest BCUT2D eigenvalue weighted by molar-refractivity contribution is 6.09. The van der Waals surface area contributed by atoms with Crippen molar-refractivity contribution in [1.82, 2.24) is 9.97 Å². The van der Waals surface area contributed by atoms with E-state index in [2.05, 4.69) is 37.3 Å². The molecule has 9 heteroatoms. The van der Waals surface area contributed by atoms with Gasteiger partial charge in [0, 0.05) is 30.7 Å². The molecule has 1 unspecified atom stereocenters. The lowest BCUT2D eigenvalue weighted by Gasteiger charge is -2.23. The van der Waals surface area contributed by atoms with E-state index >= 15 is 0 Å². The molecule has 9 nitrogen and oxygen atoms in total. The monoisotopic (exact) mass is 407 g/mol. The van der Waals surface area contributed by atoms with Crippen molar-refractivity contribution in [2.45, 2.75) is 25.8 Å². The number of nitrogens with zero attached hydrogens (tertiary/aromatic N) is 4. The largest absolute Gasteiger partial charge is 0.404 e. The Labute approximate surface area is 175 Å². The molecule has 0 aliphatic rings. The van der Waals surface area contributed by atoms with Crippen molar-refractivity contribution in [3.63, 3.8) is 0 Å². The van der Waals surface area contributed by atoms with Crippen molar-refractivity contribution >= 4 is 48.0 Å². The predicted molar refractivity (Wildman–Crippen MR) is 121 cm³/mol. The third kappa shape index (κ3) is 5.34. The number of allylic oxidation sites excluding steroid dienone is 1. The summed E-state index contributed by atoms with van der Waals surface area (Å²) < 4.78 is 0. The highest BCUT2D eigenvalue weighted by Gasteiger charge is 2.23. The summed E-state index contributed by atoms with van der Waals surface area (Å²) in [5.41, 5.74) is 7.17. The van der Waals surface area contributed by atoms with E-state index in [-0.39, 0.29) is 11.5 Å². The Morgan fingerprint density at radius 2 is 2.03 bits per heavy atom. The van der Waals surface area contributed by atoms with Crippen molar-refractivity contribution < 1.29 is 9.59 Å². The standard InChI is InChI=1S/C21H25N7O2/c1-5-21(2,13-29)28-17-12-25-18(20(30)24-4)19(27-17)26-16-8-6-14(7-9-16)15(10-22)11-23-3/h6-13H,4-5,22H2,1-3H3,(H2,26,27,28). The average molecular weight is 407 g/mol. The zero-order valence-electron chi connectivity index (χ0n) is 17.2. The van der Waals surface area contributed by atoms with Crippen molar-refractivity contribution in [2.75, 3.05) is 17.7 Å². The fourth-order valence-corrected chi connectivity index (χ4v) is 2.50. The van der Waals surface area contributed by atoms with Gasteiger partial charge in [0.2, 0.25) is 0 Å². The number of aliphatic imine (C=N–C) groups is 2. The molecular weight excluding hydrogens is 382 g/mol. The van der Waals surface area contributed by atoms with Gasteiger partial charge in [-0.2, -0.15) is 0 Å². The molecule has 2 aromatic rings. The maximum Gasteiger partial charge on any atom is 0.298 e. The Kier molecular flexibility index (Phi) is 7.51. The SMILES string of the molecule is C=NC(=O)c1ncc(NC(C)(C=O)CC)nc1Nc1ccc(C(C=NC)=CN)cc1. The zero-order valence-corrected chi connectivity index (χ0v) is 17.2. The summed E-state index contributed by atoms with van der Waals surface area (Å²) in [7, 11) is 1.67. The third-order valence-electron chi connectivity index (χ3n) is 4.46. The highest BCUT2D eigenvalue weighted by atomic mass is 16.1. The van der Waals surface area contributed by atoms with E-state index in [0.717, 1.165) is 17.4 Å². The molecule has 1 heterocycles. The van der Waals surface area contributed by atoms with Gasteiger partial charge in [-0.05, 0) is 37.8 Å². The molecule has 4 N–H and O–H groups in total. The molecule has 1 aromatic heterocycles. The van der Waals surface area contributed by atoms with E-state index in [1.165, 1.54) is 12.4 Å². The van der Waals surface area contributed by atoms with Crippen molar-refractivity contribution in [3.8, 4) is 0 Å². The highest BCUT2D eigenvalue weighted by Crippen LogP contribution is 2.23. The van der Waals surface area contributed by atoms with Gasteiger partial charge in [-0.25, -0.2) is 15.0 Å². The molecule has 0 saturated carbocycles. The maximum absolute atomic E-state index is 12.1. The Morgan fingerprint density at radius 3 is 2.57 bits per heavy atom. The predicted octanol–water partition coefficient (Wildman–Crippen LogP) is 2.84. The summed E-state index contributed by atoms with van der Waals surface area (Å²) in [4.78, 5) is 39.5. The molecule has 0 spiro atoms. The number of aromatic nitrogens is 2. The number of hydrogen-bond donors (Lipinski definition) is 3. The summed E-state index contributed by atoms with van der Waals surface area (Å²) >= 11 is 0.